The average Bonchev–Trinajstić information content (AvgIpc) is 2.72. The van der Waals surface area contributed by atoms with Crippen molar-refractivity contribution in [1.82, 2.24) is 9.55 Å². The van der Waals surface area contributed by atoms with Crippen LogP contribution >= 0.6 is 0 Å². The molecule has 0 bridgehead atoms. The first-order valence-electron chi connectivity index (χ1n) is 6.42. The molecular weight excluding hydrogens is 240 g/mol. The molecule has 1 aromatic heterocycles. The number of aryl methyl sites for hydroxylation is 2. The molecule has 0 fully saturated rings. The highest BCUT2D eigenvalue weighted by atomic mass is 16.5. The Labute approximate surface area is 113 Å². The van der Waals surface area contributed by atoms with Gasteiger partial charge >= 0.3 is 0 Å². The predicted molar refractivity (Wildman–Crippen MR) is 75.2 cm³/mol. The Morgan fingerprint density at radius 1 is 1.37 bits per heavy atom. The van der Waals surface area contributed by atoms with Gasteiger partial charge in [0, 0.05) is 7.05 Å². The summed E-state index contributed by atoms with van der Waals surface area (Å²) < 4.78 is 7.34. The lowest BCUT2D eigenvalue weighted by Crippen LogP contribution is -2.00. The predicted octanol–water partition coefficient (Wildman–Crippen LogP) is 2.46. The number of hydrogen-bond donors (Lipinski definition) is 1. The van der Waals surface area contributed by atoms with Gasteiger partial charge in [0.05, 0.1) is 30.7 Å². The van der Waals surface area contributed by atoms with Crippen LogP contribution in [0, 0.1) is 6.92 Å². The van der Waals surface area contributed by atoms with Gasteiger partial charge in [0.2, 0.25) is 0 Å². The molecule has 0 saturated carbocycles. The summed E-state index contributed by atoms with van der Waals surface area (Å²) in [6, 6.07) is 6.13. The topological polar surface area (TPSA) is 47.3 Å². The van der Waals surface area contributed by atoms with Crippen molar-refractivity contribution in [3.8, 4) is 17.1 Å². The van der Waals surface area contributed by atoms with Crippen LogP contribution in [0.1, 0.15) is 23.9 Å². The largest absolute Gasteiger partial charge is 0.496 e. The molecule has 0 amide bonds. The first-order chi connectivity index (χ1) is 9.12. The standard InChI is InChI=1S/C15H20N2O2/c1-5-11-6-7-14(19-4)12(8-11)15-16-10(2)13(9-18)17(15)3/h6-8,18H,5,9H2,1-4H3. The van der Waals surface area contributed by atoms with E-state index in [1.54, 1.807) is 7.11 Å². The third-order valence-corrected chi connectivity index (χ3v) is 3.48. The minimum Gasteiger partial charge on any atom is -0.496 e. The summed E-state index contributed by atoms with van der Waals surface area (Å²) in [6.45, 7) is 4.02. The summed E-state index contributed by atoms with van der Waals surface area (Å²) in [7, 11) is 3.58. The quantitative estimate of drug-likeness (QED) is 0.918. The lowest BCUT2D eigenvalue weighted by Gasteiger charge is -2.11. The Hall–Kier alpha value is -1.81. The van der Waals surface area contributed by atoms with Gasteiger partial charge in [-0.15, -0.1) is 0 Å². The van der Waals surface area contributed by atoms with E-state index in [1.165, 1.54) is 5.56 Å². The van der Waals surface area contributed by atoms with Crippen LogP contribution in [0.5, 0.6) is 5.75 Å². The van der Waals surface area contributed by atoms with E-state index in [1.807, 2.05) is 24.6 Å². The van der Waals surface area contributed by atoms with Crippen molar-refractivity contribution >= 4 is 0 Å². The van der Waals surface area contributed by atoms with Gasteiger partial charge in [-0.25, -0.2) is 4.98 Å². The maximum Gasteiger partial charge on any atom is 0.144 e. The molecule has 1 aromatic carbocycles. The summed E-state index contributed by atoms with van der Waals surface area (Å²) >= 11 is 0. The molecule has 0 saturated heterocycles. The molecule has 0 aliphatic rings. The van der Waals surface area contributed by atoms with Crippen LogP contribution in [-0.2, 0) is 20.1 Å². The van der Waals surface area contributed by atoms with Crippen LogP contribution in [0.15, 0.2) is 18.2 Å². The number of benzene rings is 1. The number of hydrogen-bond acceptors (Lipinski definition) is 3. The smallest absolute Gasteiger partial charge is 0.144 e. The maximum absolute atomic E-state index is 9.39. The molecule has 102 valence electrons. The normalized spacial score (nSPS) is 10.8. The van der Waals surface area contributed by atoms with Crippen LogP contribution < -0.4 is 4.74 Å². The minimum absolute atomic E-state index is 0.00881. The number of rotatable bonds is 4. The third kappa shape index (κ3) is 2.36. The fourth-order valence-corrected chi connectivity index (χ4v) is 2.28. The number of imidazole rings is 1. The molecule has 0 radical (unpaired) electrons. The fourth-order valence-electron chi connectivity index (χ4n) is 2.28. The van der Waals surface area contributed by atoms with Gasteiger partial charge in [0.1, 0.15) is 11.6 Å². The van der Waals surface area contributed by atoms with Gasteiger partial charge in [-0.2, -0.15) is 0 Å². The first kappa shape index (κ1) is 13.6. The molecule has 1 heterocycles. The molecule has 4 heteroatoms. The van der Waals surface area contributed by atoms with Gasteiger partial charge in [0.25, 0.3) is 0 Å². The van der Waals surface area contributed by atoms with E-state index in [0.717, 1.165) is 34.9 Å². The SMILES string of the molecule is CCc1ccc(OC)c(-c2nc(C)c(CO)n2C)c1. The average molecular weight is 260 g/mol. The Kier molecular flexibility index (Phi) is 3.90. The van der Waals surface area contributed by atoms with Crippen LogP contribution in [0.25, 0.3) is 11.4 Å². The molecule has 4 nitrogen and oxygen atoms in total. The molecule has 19 heavy (non-hydrogen) atoms. The van der Waals surface area contributed by atoms with Crippen molar-refractivity contribution in [2.45, 2.75) is 26.9 Å². The van der Waals surface area contributed by atoms with Crippen LogP contribution in [0.2, 0.25) is 0 Å². The Balaban J connectivity index is 2.63. The highest BCUT2D eigenvalue weighted by Gasteiger charge is 2.16. The minimum atomic E-state index is -0.00881. The van der Waals surface area contributed by atoms with E-state index < -0.39 is 0 Å². The molecule has 2 aromatic rings. The molecule has 2 rings (SSSR count). The molecule has 0 atom stereocenters. The van der Waals surface area contributed by atoms with Gasteiger partial charge in [0.15, 0.2) is 0 Å². The molecule has 0 spiro atoms. The monoisotopic (exact) mass is 260 g/mol. The number of aliphatic hydroxyl groups excluding tert-OH is 1. The van der Waals surface area contributed by atoms with E-state index in [-0.39, 0.29) is 6.61 Å². The third-order valence-electron chi connectivity index (χ3n) is 3.48. The zero-order valence-electron chi connectivity index (χ0n) is 11.9. The molecule has 1 N–H and O–H groups in total. The highest BCUT2D eigenvalue weighted by molar-refractivity contribution is 5.66. The first-order valence-corrected chi connectivity index (χ1v) is 6.42. The summed E-state index contributed by atoms with van der Waals surface area (Å²) in [5.74, 6) is 1.63. The number of ether oxygens (including phenoxy) is 1. The van der Waals surface area contributed by atoms with Crippen LogP contribution in [0.4, 0.5) is 0 Å². The molecule has 0 aliphatic heterocycles. The van der Waals surface area contributed by atoms with Crippen molar-refractivity contribution in [3.63, 3.8) is 0 Å². The Morgan fingerprint density at radius 2 is 2.11 bits per heavy atom. The molecule has 0 unspecified atom stereocenters. The summed E-state index contributed by atoms with van der Waals surface area (Å²) in [6.07, 6.45) is 0.966. The van der Waals surface area contributed by atoms with Gasteiger partial charge in [-0.05, 0) is 31.0 Å². The highest BCUT2D eigenvalue weighted by Crippen LogP contribution is 2.31. The van der Waals surface area contributed by atoms with E-state index >= 15 is 0 Å². The van der Waals surface area contributed by atoms with Crippen LogP contribution in [-0.4, -0.2) is 21.8 Å². The van der Waals surface area contributed by atoms with Gasteiger partial charge in [-0.3, -0.25) is 0 Å². The second-order valence-electron chi connectivity index (χ2n) is 4.57. The molecular formula is C15H20N2O2. The van der Waals surface area contributed by atoms with Crippen molar-refractivity contribution in [1.29, 1.82) is 0 Å². The van der Waals surface area contributed by atoms with Gasteiger partial charge < -0.3 is 14.4 Å². The van der Waals surface area contributed by atoms with Gasteiger partial charge in [-0.1, -0.05) is 13.0 Å². The van der Waals surface area contributed by atoms with Crippen molar-refractivity contribution in [3.05, 3.63) is 35.2 Å². The lowest BCUT2D eigenvalue weighted by molar-refractivity contribution is 0.272. The number of aromatic nitrogens is 2. The van der Waals surface area contributed by atoms with Crippen molar-refractivity contribution < 1.29 is 9.84 Å². The summed E-state index contributed by atoms with van der Waals surface area (Å²) in [5.41, 5.74) is 3.89. The maximum atomic E-state index is 9.39. The van der Waals surface area contributed by atoms with Crippen molar-refractivity contribution in [2.24, 2.45) is 7.05 Å². The van der Waals surface area contributed by atoms with Crippen molar-refractivity contribution in [2.75, 3.05) is 7.11 Å². The number of aliphatic hydroxyl groups is 1. The van der Waals surface area contributed by atoms with E-state index in [0.29, 0.717) is 0 Å². The Morgan fingerprint density at radius 3 is 2.63 bits per heavy atom. The zero-order chi connectivity index (χ0) is 14.0. The molecule has 0 aliphatic carbocycles. The fraction of sp³-hybridized carbons (Fsp3) is 0.400. The van der Waals surface area contributed by atoms with E-state index in [9.17, 15) is 5.11 Å². The Bertz CT molecular complexity index is 588. The second kappa shape index (κ2) is 5.45. The van der Waals surface area contributed by atoms with E-state index in [4.69, 9.17) is 4.74 Å². The number of nitrogens with zero attached hydrogens (tertiary/aromatic N) is 2. The number of methoxy groups -OCH3 is 1. The zero-order valence-corrected chi connectivity index (χ0v) is 11.9. The van der Waals surface area contributed by atoms with Crippen LogP contribution in [0.3, 0.4) is 0 Å². The summed E-state index contributed by atoms with van der Waals surface area (Å²) in [5, 5.41) is 9.39. The summed E-state index contributed by atoms with van der Waals surface area (Å²) in [4.78, 5) is 4.56. The second-order valence-corrected chi connectivity index (χ2v) is 4.57. The van der Waals surface area contributed by atoms with E-state index in [2.05, 4.69) is 24.0 Å². The lowest BCUT2D eigenvalue weighted by atomic mass is 10.1.